The molecule has 130 valence electrons. The first kappa shape index (κ1) is 19.4. The first-order chi connectivity index (χ1) is 11.1. The van der Waals surface area contributed by atoms with Gasteiger partial charge >= 0.3 is 11.9 Å². The third-order valence-electron chi connectivity index (χ3n) is 2.94. The topological polar surface area (TPSA) is 110 Å². The van der Waals surface area contributed by atoms with Crippen molar-refractivity contribution in [2.24, 2.45) is 0 Å². The van der Waals surface area contributed by atoms with E-state index in [0.717, 1.165) is 6.08 Å². The molecular formula is C17H20O7. The van der Waals surface area contributed by atoms with Crippen LogP contribution in [0.5, 0.6) is 5.75 Å². The van der Waals surface area contributed by atoms with Crippen LogP contribution in [0, 0.1) is 0 Å². The Hall–Kier alpha value is -2.67. The number of ether oxygens (including phenoxy) is 2. The number of aliphatic carboxylic acids is 1. The minimum Gasteiger partial charge on any atom is -0.490 e. The summed E-state index contributed by atoms with van der Waals surface area (Å²) in [7, 11) is 0. The minimum atomic E-state index is -1.45. The van der Waals surface area contributed by atoms with Crippen LogP contribution in [-0.2, 0) is 14.3 Å². The monoisotopic (exact) mass is 336 g/mol. The first-order valence-corrected chi connectivity index (χ1v) is 7.19. The van der Waals surface area contributed by atoms with Gasteiger partial charge in [0.15, 0.2) is 5.78 Å². The molecule has 0 aliphatic carbocycles. The maximum atomic E-state index is 11.9. The molecule has 0 aliphatic heterocycles. The van der Waals surface area contributed by atoms with Gasteiger partial charge in [0, 0.05) is 17.2 Å². The summed E-state index contributed by atoms with van der Waals surface area (Å²) >= 11 is 0. The van der Waals surface area contributed by atoms with Crippen molar-refractivity contribution in [1.82, 2.24) is 0 Å². The van der Waals surface area contributed by atoms with Crippen LogP contribution < -0.4 is 4.74 Å². The summed E-state index contributed by atoms with van der Waals surface area (Å²) in [5.41, 5.74) is -1.21. The maximum absolute atomic E-state index is 11.9. The predicted octanol–water partition coefficient (Wildman–Crippen LogP) is 1.59. The molecule has 0 aromatic heterocycles. The van der Waals surface area contributed by atoms with Gasteiger partial charge in [-0.3, -0.25) is 4.79 Å². The van der Waals surface area contributed by atoms with Crippen molar-refractivity contribution in [2.45, 2.75) is 26.4 Å². The summed E-state index contributed by atoms with van der Waals surface area (Å²) in [6, 6.07) is 6.19. The molecule has 0 bridgehead atoms. The molecule has 1 aromatic carbocycles. The summed E-state index contributed by atoms with van der Waals surface area (Å²) < 4.78 is 10.1. The highest BCUT2D eigenvalue weighted by atomic mass is 16.6. The molecule has 0 fully saturated rings. The van der Waals surface area contributed by atoms with Gasteiger partial charge in [-0.05, 0) is 45.0 Å². The first-order valence-electron chi connectivity index (χ1n) is 7.19. The molecule has 0 saturated carbocycles. The summed E-state index contributed by atoms with van der Waals surface area (Å²) in [5, 5.41) is 18.3. The number of carbonyl (C=O) groups excluding carboxylic acids is 2. The Kier molecular flexibility index (Phi) is 6.67. The van der Waals surface area contributed by atoms with Crippen molar-refractivity contribution < 1.29 is 34.1 Å². The molecule has 2 N–H and O–H groups in total. The molecule has 0 unspecified atom stereocenters. The van der Waals surface area contributed by atoms with Gasteiger partial charge in [0.1, 0.15) is 24.6 Å². The van der Waals surface area contributed by atoms with Gasteiger partial charge in [-0.2, -0.15) is 0 Å². The van der Waals surface area contributed by atoms with Crippen LogP contribution in [-0.4, -0.2) is 46.7 Å². The fraction of sp³-hybridized carbons (Fsp3) is 0.353. The molecule has 24 heavy (non-hydrogen) atoms. The number of hydrogen-bond acceptors (Lipinski definition) is 6. The summed E-state index contributed by atoms with van der Waals surface area (Å²) in [4.78, 5) is 33.7. The number of benzene rings is 1. The van der Waals surface area contributed by atoms with Gasteiger partial charge in [0.25, 0.3) is 0 Å². The van der Waals surface area contributed by atoms with E-state index in [1.165, 1.54) is 32.9 Å². The van der Waals surface area contributed by atoms with Gasteiger partial charge in [-0.15, -0.1) is 0 Å². The lowest BCUT2D eigenvalue weighted by molar-refractivity contribution is -0.139. The number of carbonyl (C=O) groups is 3. The van der Waals surface area contributed by atoms with Crippen LogP contribution in [0.1, 0.15) is 31.1 Å². The Morgan fingerprint density at radius 2 is 1.71 bits per heavy atom. The average Bonchev–Trinajstić information content (AvgIpc) is 2.50. The van der Waals surface area contributed by atoms with Gasteiger partial charge in [0.2, 0.25) is 0 Å². The Labute approximate surface area is 139 Å². The second kappa shape index (κ2) is 8.26. The number of ketones is 1. The molecule has 7 heteroatoms. The molecule has 0 aliphatic rings. The van der Waals surface area contributed by atoms with E-state index in [2.05, 4.69) is 0 Å². The average molecular weight is 336 g/mol. The van der Waals surface area contributed by atoms with Gasteiger partial charge in [0.05, 0.1) is 0 Å². The van der Waals surface area contributed by atoms with E-state index >= 15 is 0 Å². The van der Waals surface area contributed by atoms with E-state index < -0.39 is 23.3 Å². The van der Waals surface area contributed by atoms with Crippen LogP contribution in [0.15, 0.2) is 35.9 Å². The Morgan fingerprint density at radius 1 is 1.12 bits per heavy atom. The molecule has 0 spiro atoms. The largest absolute Gasteiger partial charge is 0.490 e. The van der Waals surface area contributed by atoms with Gasteiger partial charge in [-0.1, -0.05) is 0 Å². The van der Waals surface area contributed by atoms with E-state index in [1.54, 1.807) is 12.1 Å². The van der Waals surface area contributed by atoms with Crippen molar-refractivity contribution >= 4 is 17.7 Å². The van der Waals surface area contributed by atoms with Crippen molar-refractivity contribution in [1.29, 1.82) is 0 Å². The van der Waals surface area contributed by atoms with E-state index in [-0.39, 0.29) is 18.8 Å². The van der Waals surface area contributed by atoms with Crippen LogP contribution >= 0.6 is 0 Å². The zero-order valence-corrected chi connectivity index (χ0v) is 13.7. The Balaban J connectivity index is 2.44. The van der Waals surface area contributed by atoms with Crippen LogP contribution in [0.2, 0.25) is 0 Å². The van der Waals surface area contributed by atoms with E-state index in [0.29, 0.717) is 11.3 Å². The SMILES string of the molecule is CC(=CC(=O)OCCOc1ccc(C(=O)C(C)(C)O)cc1)C(=O)O. The molecule has 0 amide bonds. The van der Waals surface area contributed by atoms with E-state index in [4.69, 9.17) is 14.6 Å². The van der Waals surface area contributed by atoms with Crippen molar-refractivity contribution in [3.05, 3.63) is 41.5 Å². The molecule has 7 nitrogen and oxygen atoms in total. The Bertz CT molecular complexity index is 636. The summed E-state index contributed by atoms with van der Waals surface area (Å²) in [6.45, 7) is 4.14. The second-order valence-electron chi connectivity index (χ2n) is 5.56. The lowest BCUT2D eigenvalue weighted by Gasteiger charge is -2.15. The summed E-state index contributed by atoms with van der Waals surface area (Å²) in [5.74, 6) is -1.88. The smallest absolute Gasteiger partial charge is 0.331 e. The normalized spacial score (nSPS) is 11.8. The highest BCUT2D eigenvalue weighted by Crippen LogP contribution is 2.17. The molecule has 0 atom stereocenters. The third-order valence-corrected chi connectivity index (χ3v) is 2.94. The van der Waals surface area contributed by atoms with Crippen LogP contribution in [0.25, 0.3) is 0 Å². The second-order valence-corrected chi connectivity index (χ2v) is 5.56. The van der Waals surface area contributed by atoms with E-state index in [9.17, 15) is 19.5 Å². The summed E-state index contributed by atoms with van der Waals surface area (Å²) in [6.07, 6.45) is 0.888. The fourth-order valence-corrected chi connectivity index (χ4v) is 1.64. The maximum Gasteiger partial charge on any atom is 0.331 e. The lowest BCUT2D eigenvalue weighted by Crippen LogP contribution is -2.30. The number of carboxylic acid groups (broad SMARTS) is 1. The van der Waals surface area contributed by atoms with Gasteiger partial charge in [-0.25, -0.2) is 9.59 Å². The van der Waals surface area contributed by atoms with Crippen molar-refractivity contribution in [3.8, 4) is 5.75 Å². The number of aliphatic hydroxyl groups is 1. The van der Waals surface area contributed by atoms with Crippen LogP contribution in [0.3, 0.4) is 0 Å². The number of esters is 1. The quantitative estimate of drug-likeness (QED) is 0.321. The molecule has 1 rings (SSSR count). The molecule has 0 heterocycles. The number of carboxylic acids is 1. The number of rotatable bonds is 8. The highest BCUT2D eigenvalue weighted by Gasteiger charge is 2.24. The minimum absolute atomic E-state index is 0.0490. The zero-order chi connectivity index (χ0) is 18.3. The van der Waals surface area contributed by atoms with Crippen molar-refractivity contribution in [2.75, 3.05) is 13.2 Å². The Morgan fingerprint density at radius 3 is 2.21 bits per heavy atom. The molecule has 1 aromatic rings. The van der Waals surface area contributed by atoms with Crippen molar-refractivity contribution in [3.63, 3.8) is 0 Å². The molecule has 0 saturated heterocycles. The lowest BCUT2D eigenvalue weighted by atomic mass is 9.97. The van der Waals surface area contributed by atoms with Crippen LogP contribution in [0.4, 0.5) is 0 Å². The van der Waals surface area contributed by atoms with Gasteiger partial charge < -0.3 is 19.7 Å². The fourth-order valence-electron chi connectivity index (χ4n) is 1.64. The zero-order valence-electron chi connectivity index (χ0n) is 13.7. The van der Waals surface area contributed by atoms with E-state index in [1.807, 2.05) is 0 Å². The predicted molar refractivity (Wildman–Crippen MR) is 84.9 cm³/mol. The third kappa shape index (κ3) is 6.21. The number of hydrogen-bond donors (Lipinski definition) is 2. The standard InChI is InChI=1S/C17H20O7/c1-11(16(20)21)10-14(18)24-9-8-23-13-6-4-12(5-7-13)15(19)17(2,3)22/h4-7,10,22H,8-9H2,1-3H3,(H,20,21). The molecule has 0 radical (unpaired) electrons. The molecular weight excluding hydrogens is 316 g/mol. The highest BCUT2D eigenvalue weighted by molar-refractivity contribution is 6.01. The number of Topliss-reactive ketones (excluding diaryl/α,β-unsaturated/α-hetero) is 1.